The summed E-state index contributed by atoms with van der Waals surface area (Å²) in [6, 6.07) is 25.3. The number of aryl methyl sites for hydroxylation is 2. The normalized spacial score (nSPS) is 26.9. The summed E-state index contributed by atoms with van der Waals surface area (Å²) in [5, 5.41) is 20.8. The number of hydrogen-bond acceptors (Lipinski definition) is 6. The molecule has 2 saturated heterocycles. The molecule has 4 aromatic rings. The zero-order valence-corrected chi connectivity index (χ0v) is 28.5. The lowest BCUT2D eigenvalue weighted by atomic mass is 9.49. The summed E-state index contributed by atoms with van der Waals surface area (Å²) in [6.45, 7) is 3.57. The van der Waals surface area contributed by atoms with E-state index in [-0.39, 0.29) is 29.8 Å². The van der Waals surface area contributed by atoms with Crippen LogP contribution in [0.25, 0.3) is 0 Å². The molecule has 1 saturated carbocycles. The predicted octanol–water partition coefficient (Wildman–Crippen LogP) is 6.73. The van der Waals surface area contributed by atoms with E-state index in [2.05, 4.69) is 0 Å². The Hall–Kier alpha value is -5.54. The van der Waals surface area contributed by atoms with Crippen LogP contribution in [0, 0.1) is 37.5 Å². The van der Waals surface area contributed by atoms with E-state index in [1.165, 1.54) is 23.1 Å². The summed E-state index contributed by atoms with van der Waals surface area (Å²) < 4.78 is 0. The van der Waals surface area contributed by atoms with E-state index in [0.717, 1.165) is 10.5 Å². The first-order valence-corrected chi connectivity index (χ1v) is 17.2. The number of halogens is 1. The van der Waals surface area contributed by atoms with Crippen LogP contribution in [0.4, 0.5) is 11.4 Å². The van der Waals surface area contributed by atoms with Crippen molar-refractivity contribution >= 4 is 52.6 Å². The summed E-state index contributed by atoms with van der Waals surface area (Å²) in [7, 11) is 0. The molecule has 2 heterocycles. The van der Waals surface area contributed by atoms with Gasteiger partial charge in [0.15, 0.2) is 0 Å². The number of aromatic hydroxyl groups is 1. The number of carboxylic acid groups (broad SMARTS) is 1. The molecule has 6 unspecified atom stereocenters. The van der Waals surface area contributed by atoms with E-state index in [0.29, 0.717) is 33.0 Å². The zero-order chi connectivity index (χ0) is 35.9. The third-order valence-electron chi connectivity index (χ3n) is 11.4. The maximum absolute atomic E-state index is 15.4. The van der Waals surface area contributed by atoms with Crippen LogP contribution >= 0.6 is 11.6 Å². The molecule has 2 N–H and O–H groups in total. The molecule has 51 heavy (non-hydrogen) atoms. The first-order valence-electron chi connectivity index (χ1n) is 16.9. The standard InChI is InChI=1S/C41H33ClN2O7/c1-21-16-24(17-22(2)35(21)45)34-29-14-15-30-33(38(48)43(36(30)46)27-12-6-8-23(18-27)39(49)50)31(29)20-32-37(47)44(28-13-7-11-26(42)19-28)40(51)41(32,34)25-9-4-3-5-10-25/h3-14,16-19,30-34,45H,15,20H2,1-2H3,(H,49,50). The number of rotatable bonds is 5. The number of imide groups is 2. The minimum atomic E-state index is -1.44. The fourth-order valence-electron chi connectivity index (χ4n) is 9.31. The van der Waals surface area contributed by atoms with Crippen LogP contribution in [-0.2, 0) is 24.6 Å². The maximum atomic E-state index is 15.4. The van der Waals surface area contributed by atoms with Gasteiger partial charge in [0.1, 0.15) is 5.75 Å². The van der Waals surface area contributed by atoms with E-state index in [4.69, 9.17) is 11.6 Å². The number of carbonyl (C=O) groups is 5. The van der Waals surface area contributed by atoms with E-state index in [1.54, 1.807) is 44.2 Å². The zero-order valence-electron chi connectivity index (χ0n) is 27.7. The fraction of sp³-hybridized carbons (Fsp3) is 0.244. The molecule has 0 bridgehead atoms. The second-order valence-corrected chi connectivity index (χ2v) is 14.4. The van der Waals surface area contributed by atoms with Gasteiger partial charge in [-0.2, -0.15) is 0 Å². The Bertz CT molecular complexity index is 2210. The van der Waals surface area contributed by atoms with E-state index < -0.39 is 64.6 Å². The van der Waals surface area contributed by atoms with Crippen LogP contribution in [0.1, 0.15) is 51.4 Å². The number of nitrogens with zero attached hydrogens (tertiary/aromatic N) is 2. The number of allylic oxidation sites excluding steroid dienone is 2. The molecule has 0 radical (unpaired) electrons. The van der Waals surface area contributed by atoms with Gasteiger partial charge in [-0.15, -0.1) is 0 Å². The van der Waals surface area contributed by atoms with Crippen molar-refractivity contribution in [1.29, 1.82) is 0 Å². The molecule has 3 fully saturated rings. The number of fused-ring (bicyclic) bond motifs is 4. The molecule has 8 rings (SSSR count). The van der Waals surface area contributed by atoms with Crippen molar-refractivity contribution < 1.29 is 34.2 Å². The van der Waals surface area contributed by atoms with Crippen molar-refractivity contribution in [2.45, 2.75) is 38.0 Å². The lowest BCUT2D eigenvalue weighted by Gasteiger charge is -2.51. The van der Waals surface area contributed by atoms with Gasteiger partial charge in [-0.3, -0.25) is 24.1 Å². The Labute approximate surface area is 298 Å². The van der Waals surface area contributed by atoms with Gasteiger partial charge in [0.2, 0.25) is 23.6 Å². The van der Waals surface area contributed by atoms with Crippen molar-refractivity contribution in [3.05, 3.63) is 135 Å². The van der Waals surface area contributed by atoms with Gasteiger partial charge in [0, 0.05) is 10.9 Å². The number of carbonyl (C=O) groups excluding carboxylic acids is 4. The van der Waals surface area contributed by atoms with Crippen LogP contribution in [0.3, 0.4) is 0 Å². The topological polar surface area (TPSA) is 132 Å². The van der Waals surface area contributed by atoms with Crippen LogP contribution in [-0.4, -0.2) is 39.8 Å². The van der Waals surface area contributed by atoms with Crippen molar-refractivity contribution in [3.8, 4) is 5.75 Å². The highest BCUT2D eigenvalue weighted by Crippen LogP contribution is 2.64. The van der Waals surface area contributed by atoms with E-state index >= 15 is 4.79 Å². The molecule has 6 atom stereocenters. The monoisotopic (exact) mass is 700 g/mol. The average Bonchev–Trinajstić information content (AvgIpc) is 3.51. The smallest absolute Gasteiger partial charge is 0.335 e. The molecule has 2 aliphatic carbocycles. The molecule has 2 aliphatic heterocycles. The van der Waals surface area contributed by atoms with Crippen molar-refractivity contribution in [1.82, 2.24) is 0 Å². The predicted molar refractivity (Wildman–Crippen MR) is 190 cm³/mol. The molecule has 256 valence electrons. The van der Waals surface area contributed by atoms with Crippen molar-refractivity contribution in [2.24, 2.45) is 23.7 Å². The van der Waals surface area contributed by atoms with Crippen LogP contribution in [0.2, 0.25) is 5.02 Å². The molecule has 4 aliphatic rings. The Morgan fingerprint density at radius 2 is 1.45 bits per heavy atom. The third-order valence-corrected chi connectivity index (χ3v) is 11.6. The maximum Gasteiger partial charge on any atom is 0.335 e. The summed E-state index contributed by atoms with van der Waals surface area (Å²) in [5.74, 6) is -6.62. The number of phenolic OH excluding ortho intramolecular Hbond substituents is 1. The van der Waals surface area contributed by atoms with Gasteiger partial charge < -0.3 is 10.2 Å². The van der Waals surface area contributed by atoms with Gasteiger partial charge in [-0.1, -0.05) is 77.8 Å². The third kappa shape index (κ3) is 4.64. The molecular weight excluding hydrogens is 668 g/mol. The fourth-order valence-corrected chi connectivity index (χ4v) is 9.49. The lowest BCUT2D eigenvalue weighted by Crippen LogP contribution is -2.53. The number of hydrogen-bond donors (Lipinski definition) is 2. The van der Waals surface area contributed by atoms with Crippen LogP contribution in [0.15, 0.2) is 103 Å². The molecule has 4 aromatic carbocycles. The minimum Gasteiger partial charge on any atom is -0.507 e. The minimum absolute atomic E-state index is 0.0543. The van der Waals surface area contributed by atoms with E-state index in [1.807, 2.05) is 48.5 Å². The van der Waals surface area contributed by atoms with Gasteiger partial charge in [-0.25, -0.2) is 9.69 Å². The number of benzene rings is 4. The molecule has 0 spiro atoms. The molecular formula is C41H33ClN2O7. The first kappa shape index (κ1) is 32.7. The summed E-state index contributed by atoms with van der Waals surface area (Å²) >= 11 is 6.39. The Morgan fingerprint density at radius 3 is 2.12 bits per heavy atom. The summed E-state index contributed by atoms with van der Waals surface area (Å²) in [5.41, 5.74) is 2.37. The number of aromatic carboxylic acids is 1. The number of amides is 4. The Kier molecular flexibility index (Phi) is 7.54. The highest BCUT2D eigenvalue weighted by Gasteiger charge is 2.70. The molecule has 10 heteroatoms. The number of carboxylic acids is 1. The van der Waals surface area contributed by atoms with Gasteiger partial charge in [0.05, 0.1) is 40.1 Å². The highest BCUT2D eigenvalue weighted by atomic mass is 35.5. The van der Waals surface area contributed by atoms with Gasteiger partial charge in [-0.05, 0) is 91.3 Å². The lowest BCUT2D eigenvalue weighted by molar-refractivity contribution is -0.127. The summed E-state index contributed by atoms with van der Waals surface area (Å²) in [4.78, 5) is 72.9. The van der Waals surface area contributed by atoms with Crippen molar-refractivity contribution in [3.63, 3.8) is 0 Å². The Balaban J connectivity index is 1.35. The SMILES string of the molecule is Cc1cc(C2C3=CCC4C(=O)N(c5cccc(C(=O)O)c5)C(=O)C4C3CC3C(=O)N(c4cccc(Cl)c4)C(=O)C32c2ccccc2)cc(C)c1O. The highest BCUT2D eigenvalue weighted by molar-refractivity contribution is 6.32. The second kappa shape index (κ2) is 11.8. The summed E-state index contributed by atoms with van der Waals surface area (Å²) in [6.07, 6.45) is 2.31. The second-order valence-electron chi connectivity index (χ2n) is 14.0. The van der Waals surface area contributed by atoms with E-state index in [9.17, 15) is 29.4 Å². The average molecular weight is 701 g/mol. The number of phenols is 1. The van der Waals surface area contributed by atoms with Gasteiger partial charge in [0.25, 0.3) is 0 Å². The molecule has 0 aromatic heterocycles. The van der Waals surface area contributed by atoms with Gasteiger partial charge >= 0.3 is 5.97 Å². The number of anilines is 2. The quantitative estimate of drug-likeness (QED) is 0.174. The molecule has 4 amide bonds. The van der Waals surface area contributed by atoms with Crippen LogP contribution in [0.5, 0.6) is 5.75 Å². The van der Waals surface area contributed by atoms with Crippen molar-refractivity contribution in [2.75, 3.05) is 9.80 Å². The molecule has 9 nitrogen and oxygen atoms in total. The Morgan fingerprint density at radius 1 is 0.784 bits per heavy atom. The largest absolute Gasteiger partial charge is 0.507 e. The first-order chi connectivity index (χ1) is 24.4. The van der Waals surface area contributed by atoms with Crippen LogP contribution < -0.4 is 9.80 Å².